The molecule has 0 aliphatic carbocycles. The van der Waals surface area contributed by atoms with Gasteiger partial charge in [-0.25, -0.2) is 0 Å². The molecule has 1 aromatic rings. The van der Waals surface area contributed by atoms with Crippen LogP contribution in [0.3, 0.4) is 0 Å². The van der Waals surface area contributed by atoms with Gasteiger partial charge in [0.2, 0.25) is 0 Å². The number of likely N-dealkylation sites (N-methyl/N-ethyl adjacent to an activating group) is 1. The smallest absolute Gasteiger partial charge is 0.130 e. The van der Waals surface area contributed by atoms with Crippen molar-refractivity contribution in [1.82, 2.24) is 9.80 Å². The van der Waals surface area contributed by atoms with E-state index in [2.05, 4.69) is 15.9 Å². The number of benzene rings is 1. The van der Waals surface area contributed by atoms with Crippen molar-refractivity contribution in [3.63, 3.8) is 0 Å². The number of likely N-dealkylation sites (tertiary alicyclic amines) is 1. The molecule has 2 atom stereocenters. The maximum atomic E-state index is 10.2. The van der Waals surface area contributed by atoms with E-state index in [1.54, 1.807) is 0 Å². The fourth-order valence-corrected chi connectivity index (χ4v) is 3.24. The summed E-state index contributed by atoms with van der Waals surface area (Å²) in [7, 11) is 4.04. The molecule has 0 unspecified atom stereocenters. The molecule has 1 N–H and O–H groups in total. The van der Waals surface area contributed by atoms with Gasteiger partial charge in [-0.3, -0.25) is 4.90 Å². The van der Waals surface area contributed by atoms with E-state index < -0.39 is 0 Å². The van der Waals surface area contributed by atoms with Gasteiger partial charge in [0.05, 0.1) is 19.3 Å². The van der Waals surface area contributed by atoms with Crippen LogP contribution in [0, 0.1) is 6.92 Å². The lowest BCUT2D eigenvalue weighted by Gasteiger charge is -2.22. The van der Waals surface area contributed by atoms with Crippen LogP contribution in [0.15, 0.2) is 12.1 Å². The zero-order chi connectivity index (χ0) is 17.0. The third-order valence-corrected chi connectivity index (χ3v) is 4.42. The van der Waals surface area contributed by atoms with E-state index in [1.807, 2.05) is 40.9 Å². The number of ether oxygens (including phenoxy) is 2. The number of β-amino-alcohol motifs (C(OH)–C–C–N with tert-alkyl or cyclic N) is 1. The fourth-order valence-electron chi connectivity index (χ4n) is 3.24. The van der Waals surface area contributed by atoms with Gasteiger partial charge in [0, 0.05) is 36.8 Å². The van der Waals surface area contributed by atoms with Crippen LogP contribution in [0.25, 0.3) is 0 Å². The van der Waals surface area contributed by atoms with Crippen LogP contribution in [0.5, 0.6) is 11.5 Å². The van der Waals surface area contributed by atoms with Crippen LogP contribution in [0.4, 0.5) is 0 Å². The van der Waals surface area contributed by atoms with Gasteiger partial charge in [-0.1, -0.05) is 6.07 Å². The van der Waals surface area contributed by atoms with Crippen molar-refractivity contribution in [2.24, 2.45) is 0 Å². The Bertz CT molecular complexity index is 519. The van der Waals surface area contributed by atoms with Crippen molar-refractivity contribution >= 4 is 0 Å². The van der Waals surface area contributed by atoms with Gasteiger partial charge in [-0.15, -0.1) is 0 Å². The van der Waals surface area contributed by atoms with Gasteiger partial charge in [0.25, 0.3) is 0 Å². The zero-order valence-corrected chi connectivity index (χ0v) is 15.0. The largest absolute Gasteiger partial charge is 0.493 e. The predicted molar refractivity (Wildman–Crippen MR) is 92.3 cm³/mol. The van der Waals surface area contributed by atoms with Gasteiger partial charge in [-0.05, 0) is 40.9 Å². The molecule has 1 aliphatic heterocycles. The number of rotatable bonds is 7. The molecule has 1 aromatic carbocycles. The molecule has 5 heteroatoms. The molecule has 0 bridgehead atoms. The number of aliphatic hydroxyl groups excluding tert-OH is 1. The summed E-state index contributed by atoms with van der Waals surface area (Å²) in [5.74, 6) is 1.80. The molecular formula is C18H30N2O3. The lowest BCUT2D eigenvalue weighted by atomic mass is 10.1. The first kappa shape index (κ1) is 18.0. The van der Waals surface area contributed by atoms with Crippen molar-refractivity contribution < 1.29 is 14.6 Å². The average molecular weight is 322 g/mol. The van der Waals surface area contributed by atoms with Crippen LogP contribution in [-0.2, 0) is 6.54 Å². The highest BCUT2D eigenvalue weighted by Gasteiger charge is 2.33. The monoisotopic (exact) mass is 322 g/mol. The van der Waals surface area contributed by atoms with E-state index in [0.717, 1.165) is 35.7 Å². The van der Waals surface area contributed by atoms with Gasteiger partial charge in [-0.2, -0.15) is 0 Å². The van der Waals surface area contributed by atoms with Crippen LogP contribution in [0.2, 0.25) is 0 Å². The highest BCUT2D eigenvalue weighted by molar-refractivity contribution is 5.49. The molecule has 0 aromatic heterocycles. The van der Waals surface area contributed by atoms with Crippen LogP contribution < -0.4 is 9.47 Å². The second-order valence-corrected chi connectivity index (χ2v) is 6.34. The summed E-state index contributed by atoms with van der Waals surface area (Å²) >= 11 is 0. The van der Waals surface area contributed by atoms with Crippen molar-refractivity contribution in [3.8, 4) is 11.5 Å². The number of hydrogen-bond donors (Lipinski definition) is 1. The summed E-state index contributed by atoms with van der Waals surface area (Å²) in [5, 5.41) is 10.2. The van der Waals surface area contributed by atoms with Crippen molar-refractivity contribution in [3.05, 3.63) is 23.3 Å². The van der Waals surface area contributed by atoms with E-state index in [-0.39, 0.29) is 12.1 Å². The van der Waals surface area contributed by atoms with Crippen LogP contribution >= 0.6 is 0 Å². The topological polar surface area (TPSA) is 45.2 Å². The molecule has 1 aliphatic rings. The maximum absolute atomic E-state index is 10.2. The molecule has 0 saturated carbocycles. The van der Waals surface area contributed by atoms with Gasteiger partial charge < -0.3 is 19.5 Å². The second-order valence-electron chi connectivity index (χ2n) is 6.34. The summed E-state index contributed by atoms with van der Waals surface area (Å²) in [4.78, 5) is 4.38. The third-order valence-electron chi connectivity index (χ3n) is 4.42. The van der Waals surface area contributed by atoms with Crippen LogP contribution in [0.1, 0.15) is 25.0 Å². The Morgan fingerprint density at radius 1 is 1.17 bits per heavy atom. The molecule has 23 heavy (non-hydrogen) atoms. The molecule has 130 valence electrons. The lowest BCUT2D eigenvalue weighted by Crippen LogP contribution is -2.37. The Kier molecular flexibility index (Phi) is 6.27. The average Bonchev–Trinajstić information content (AvgIpc) is 2.87. The van der Waals surface area contributed by atoms with E-state index in [0.29, 0.717) is 19.8 Å². The summed E-state index contributed by atoms with van der Waals surface area (Å²) in [6.45, 7) is 9.65. The highest BCUT2D eigenvalue weighted by Crippen LogP contribution is 2.33. The first-order valence-electron chi connectivity index (χ1n) is 8.42. The zero-order valence-electron chi connectivity index (χ0n) is 15.0. The highest BCUT2D eigenvalue weighted by atomic mass is 16.5. The van der Waals surface area contributed by atoms with E-state index in [9.17, 15) is 5.11 Å². The molecule has 0 radical (unpaired) electrons. The molecule has 1 saturated heterocycles. The Hall–Kier alpha value is -1.30. The summed E-state index contributed by atoms with van der Waals surface area (Å²) in [6.07, 6.45) is -0.302. The minimum absolute atomic E-state index is 0.189. The van der Waals surface area contributed by atoms with Crippen molar-refractivity contribution in [2.45, 2.75) is 39.5 Å². The third kappa shape index (κ3) is 4.16. The molecule has 1 heterocycles. The summed E-state index contributed by atoms with van der Waals surface area (Å²) in [6, 6.07) is 4.29. The molecule has 1 fully saturated rings. The lowest BCUT2D eigenvalue weighted by molar-refractivity contribution is 0.112. The molecule has 2 rings (SSSR count). The summed E-state index contributed by atoms with van der Waals surface area (Å²) < 4.78 is 11.6. The normalized spacial score (nSPS) is 21.9. The first-order chi connectivity index (χ1) is 11.0. The van der Waals surface area contributed by atoms with E-state index in [1.165, 1.54) is 0 Å². The second kappa shape index (κ2) is 7.99. The Morgan fingerprint density at radius 3 is 2.43 bits per heavy atom. The quantitative estimate of drug-likeness (QED) is 0.831. The Balaban J connectivity index is 2.18. The van der Waals surface area contributed by atoms with Crippen molar-refractivity contribution in [1.29, 1.82) is 0 Å². The number of hydrogen-bond acceptors (Lipinski definition) is 5. The van der Waals surface area contributed by atoms with Gasteiger partial charge in [0.1, 0.15) is 11.5 Å². The SMILES string of the molecule is CCOc1ccc(CN2C[C@H](O)[C@@H](N(C)C)C2)c(OCC)c1C. The molecule has 0 amide bonds. The van der Waals surface area contributed by atoms with E-state index >= 15 is 0 Å². The standard InChI is InChI=1S/C18H30N2O3/c1-6-22-17-9-8-14(18(13(17)3)23-7-2)10-20-11-15(19(4)5)16(21)12-20/h8-9,15-16,21H,6-7,10-12H2,1-5H3/t15-,16-/m0/s1. The minimum atomic E-state index is -0.302. The Morgan fingerprint density at radius 2 is 1.87 bits per heavy atom. The fraction of sp³-hybridized carbons (Fsp3) is 0.667. The molecular weight excluding hydrogens is 292 g/mol. The maximum Gasteiger partial charge on any atom is 0.130 e. The molecule has 0 spiro atoms. The minimum Gasteiger partial charge on any atom is -0.493 e. The number of nitrogens with zero attached hydrogens (tertiary/aromatic N) is 2. The van der Waals surface area contributed by atoms with Gasteiger partial charge in [0.15, 0.2) is 0 Å². The van der Waals surface area contributed by atoms with Gasteiger partial charge >= 0.3 is 0 Å². The molecule has 5 nitrogen and oxygen atoms in total. The number of aliphatic hydroxyl groups is 1. The predicted octanol–water partition coefficient (Wildman–Crippen LogP) is 1.90. The van der Waals surface area contributed by atoms with Crippen LogP contribution in [-0.4, -0.2) is 67.5 Å². The summed E-state index contributed by atoms with van der Waals surface area (Å²) in [5.41, 5.74) is 2.20. The van der Waals surface area contributed by atoms with E-state index in [4.69, 9.17) is 9.47 Å². The Labute approximate surface area is 139 Å². The first-order valence-corrected chi connectivity index (χ1v) is 8.42. The van der Waals surface area contributed by atoms with Crippen molar-refractivity contribution in [2.75, 3.05) is 40.4 Å².